The van der Waals surface area contributed by atoms with Gasteiger partial charge >= 0.3 is 0 Å². The number of rotatable bonds is 4. The number of hydrogen-bond acceptors (Lipinski definition) is 3. The molecule has 1 N–H and O–H groups in total. The van der Waals surface area contributed by atoms with Gasteiger partial charge in [0.25, 0.3) is 0 Å². The monoisotopic (exact) mass is 289 g/mol. The Morgan fingerprint density at radius 3 is 2.43 bits per heavy atom. The first-order chi connectivity index (χ1) is 9.80. The minimum atomic E-state index is -1.10. The van der Waals surface area contributed by atoms with E-state index in [1.807, 2.05) is 20.8 Å². The van der Waals surface area contributed by atoms with Crippen LogP contribution in [0.4, 0.5) is 4.39 Å². The van der Waals surface area contributed by atoms with Gasteiger partial charge in [-0.15, -0.1) is 0 Å². The lowest BCUT2D eigenvalue weighted by Crippen LogP contribution is -2.44. The maximum absolute atomic E-state index is 12.9. The van der Waals surface area contributed by atoms with Gasteiger partial charge in [0.1, 0.15) is 24.1 Å². The molecule has 112 valence electrons. The van der Waals surface area contributed by atoms with Gasteiger partial charge in [-0.2, -0.15) is 5.10 Å². The van der Waals surface area contributed by atoms with Crippen molar-refractivity contribution in [2.75, 3.05) is 0 Å². The summed E-state index contributed by atoms with van der Waals surface area (Å²) in [4.78, 5) is 3.89. The van der Waals surface area contributed by atoms with E-state index in [9.17, 15) is 9.50 Å². The summed E-state index contributed by atoms with van der Waals surface area (Å²) in [7, 11) is 0. The molecule has 0 amide bonds. The molecule has 0 radical (unpaired) electrons. The lowest BCUT2D eigenvalue weighted by atomic mass is 9.76. The third kappa shape index (κ3) is 3.76. The van der Waals surface area contributed by atoms with Crippen LogP contribution in [0.15, 0.2) is 43.0 Å². The summed E-state index contributed by atoms with van der Waals surface area (Å²) in [5.41, 5.74) is -0.664. The van der Waals surface area contributed by atoms with Gasteiger partial charge in [-0.3, -0.25) is 0 Å². The predicted molar refractivity (Wildman–Crippen MR) is 79.9 cm³/mol. The second-order valence-electron chi connectivity index (χ2n) is 6.15. The molecule has 1 unspecified atom stereocenters. The highest BCUT2D eigenvalue weighted by Gasteiger charge is 2.38. The molecule has 4 nitrogen and oxygen atoms in total. The van der Waals surface area contributed by atoms with Gasteiger partial charge in [0.05, 0.1) is 6.54 Å². The Hall–Kier alpha value is -2.01. The van der Waals surface area contributed by atoms with Crippen molar-refractivity contribution in [1.82, 2.24) is 14.8 Å². The van der Waals surface area contributed by atoms with Gasteiger partial charge in [0.15, 0.2) is 0 Å². The summed E-state index contributed by atoms with van der Waals surface area (Å²) in [6, 6.07) is 6.13. The number of nitrogens with zero attached hydrogens (tertiary/aromatic N) is 3. The van der Waals surface area contributed by atoms with Gasteiger partial charge < -0.3 is 5.11 Å². The van der Waals surface area contributed by atoms with E-state index in [-0.39, 0.29) is 5.82 Å². The van der Waals surface area contributed by atoms with Crippen LogP contribution in [0, 0.1) is 11.2 Å². The van der Waals surface area contributed by atoms with Crippen LogP contribution in [0.2, 0.25) is 0 Å². The van der Waals surface area contributed by atoms with Crippen molar-refractivity contribution in [2.45, 2.75) is 32.9 Å². The molecule has 0 bridgehead atoms. The zero-order valence-electron chi connectivity index (χ0n) is 12.5. The van der Waals surface area contributed by atoms with Crippen molar-refractivity contribution >= 4 is 6.08 Å². The summed E-state index contributed by atoms with van der Waals surface area (Å²) in [6.45, 7) is 6.17. The van der Waals surface area contributed by atoms with Crippen LogP contribution < -0.4 is 0 Å². The molecule has 5 heteroatoms. The molecule has 1 atom stereocenters. The lowest BCUT2D eigenvalue weighted by molar-refractivity contribution is -0.0297. The number of halogens is 1. The van der Waals surface area contributed by atoms with Crippen LogP contribution in [0.5, 0.6) is 0 Å². The van der Waals surface area contributed by atoms with Gasteiger partial charge in [0.2, 0.25) is 0 Å². The third-order valence-electron chi connectivity index (χ3n) is 3.59. The van der Waals surface area contributed by atoms with Gasteiger partial charge in [-0.05, 0) is 23.1 Å². The van der Waals surface area contributed by atoms with Crippen molar-refractivity contribution in [3.63, 3.8) is 0 Å². The molecule has 0 aliphatic carbocycles. The van der Waals surface area contributed by atoms with Crippen LogP contribution in [-0.4, -0.2) is 25.5 Å². The normalized spacial score (nSPS) is 15.3. The van der Waals surface area contributed by atoms with E-state index >= 15 is 0 Å². The van der Waals surface area contributed by atoms with Crippen LogP contribution >= 0.6 is 0 Å². The molecule has 0 saturated heterocycles. The first-order valence-corrected chi connectivity index (χ1v) is 6.80. The van der Waals surface area contributed by atoms with Gasteiger partial charge in [0, 0.05) is 0 Å². The van der Waals surface area contributed by atoms with Crippen molar-refractivity contribution in [2.24, 2.45) is 5.41 Å². The minimum Gasteiger partial charge on any atom is -0.383 e. The highest BCUT2D eigenvalue weighted by Crippen LogP contribution is 2.33. The Labute approximate surface area is 124 Å². The van der Waals surface area contributed by atoms with E-state index in [0.29, 0.717) is 6.54 Å². The number of aromatic nitrogens is 3. The molecular weight excluding hydrogens is 269 g/mol. The highest BCUT2D eigenvalue weighted by molar-refractivity contribution is 5.50. The average Bonchev–Trinajstić information content (AvgIpc) is 2.89. The van der Waals surface area contributed by atoms with Crippen molar-refractivity contribution < 1.29 is 9.50 Å². The fourth-order valence-electron chi connectivity index (χ4n) is 1.91. The van der Waals surface area contributed by atoms with Gasteiger partial charge in [-0.1, -0.05) is 45.1 Å². The largest absolute Gasteiger partial charge is 0.383 e. The molecule has 0 aliphatic heterocycles. The fraction of sp³-hybridized carbons (Fsp3) is 0.375. The Morgan fingerprint density at radius 1 is 1.24 bits per heavy atom. The third-order valence-corrected chi connectivity index (χ3v) is 3.59. The van der Waals surface area contributed by atoms with Crippen LogP contribution in [0.1, 0.15) is 26.3 Å². The van der Waals surface area contributed by atoms with E-state index in [1.165, 1.54) is 18.5 Å². The Balaban J connectivity index is 2.26. The minimum absolute atomic E-state index is 0.277. The molecule has 0 fully saturated rings. The zero-order chi connectivity index (χ0) is 15.5. The van der Waals surface area contributed by atoms with Crippen molar-refractivity contribution in [3.8, 4) is 0 Å². The molecule has 2 rings (SSSR count). The van der Waals surface area contributed by atoms with E-state index in [2.05, 4.69) is 10.1 Å². The molecule has 0 spiro atoms. The maximum Gasteiger partial charge on any atom is 0.137 e. The van der Waals surface area contributed by atoms with Crippen molar-refractivity contribution in [1.29, 1.82) is 0 Å². The fourth-order valence-corrected chi connectivity index (χ4v) is 1.91. The second kappa shape index (κ2) is 5.77. The van der Waals surface area contributed by atoms with E-state index < -0.39 is 11.0 Å². The first kappa shape index (κ1) is 15.4. The van der Waals surface area contributed by atoms with Crippen LogP contribution in [0.25, 0.3) is 6.08 Å². The maximum atomic E-state index is 12.9. The standard InChI is InChI=1S/C16H20FN3O/c1-15(2,3)16(21,10-20-12-18-11-19-20)9-8-13-4-6-14(17)7-5-13/h4-9,11-12,21H,10H2,1-3H3. The topological polar surface area (TPSA) is 50.9 Å². The Bertz CT molecular complexity index is 599. The average molecular weight is 289 g/mol. The number of aliphatic hydroxyl groups is 1. The quantitative estimate of drug-likeness (QED) is 0.941. The zero-order valence-corrected chi connectivity index (χ0v) is 12.5. The first-order valence-electron chi connectivity index (χ1n) is 6.80. The number of benzene rings is 1. The summed E-state index contributed by atoms with van der Waals surface area (Å²) >= 11 is 0. The van der Waals surface area contributed by atoms with Crippen LogP contribution in [-0.2, 0) is 6.54 Å². The molecule has 0 saturated carbocycles. The molecule has 1 aromatic carbocycles. The van der Waals surface area contributed by atoms with E-state index in [0.717, 1.165) is 5.56 Å². The summed E-state index contributed by atoms with van der Waals surface area (Å²) < 4.78 is 14.5. The highest BCUT2D eigenvalue weighted by atomic mass is 19.1. The summed E-state index contributed by atoms with van der Waals surface area (Å²) in [5.74, 6) is -0.277. The molecular formula is C16H20FN3O. The molecule has 2 aromatic rings. The molecule has 21 heavy (non-hydrogen) atoms. The SMILES string of the molecule is CC(C)(C)C(O)(C=Cc1ccc(F)cc1)Cn1cncn1. The lowest BCUT2D eigenvalue weighted by Gasteiger charge is -2.37. The Morgan fingerprint density at radius 2 is 1.90 bits per heavy atom. The molecule has 0 aliphatic rings. The second-order valence-corrected chi connectivity index (χ2v) is 6.15. The van der Waals surface area contributed by atoms with E-state index in [4.69, 9.17) is 0 Å². The smallest absolute Gasteiger partial charge is 0.137 e. The molecule has 1 aromatic heterocycles. The summed E-state index contributed by atoms with van der Waals surface area (Å²) in [6.07, 6.45) is 6.54. The van der Waals surface area contributed by atoms with Crippen molar-refractivity contribution in [3.05, 3.63) is 54.4 Å². The predicted octanol–water partition coefficient (Wildman–Crippen LogP) is 2.91. The van der Waals surface area contributed by atoms with Crippen LogP contribution in [0.3, 0.4) is 0 Å². The van der Waals surface area contributed by atoms with E-state index in [1.54, 1.807) is 35.3 Å². The number of hydrogen-bond donors (Lipinski definition) is 1. The molecule has 1 heterocycles. The summed E-state index contributed by atoms with van der Waals surface area (Å²) in [5, 5.41) is 15.0. The Kier molecular flexibility index (Phi) is 4.23. The van der Waals surface area contributed by atoms with Gasteiger partial charge in [-0.25, -0.2) is 14.1 Å².